The SMILES string of the molecule is CN=C(NCCCS(=O)(=O)Cc1ccccc1)NCc1cccc(OC)c1. The Kier molecular flexibility index (Phi) is 8.13. The average molecular weight is 390 g/mol. The highest BCUT2D eigenvalue weighted by Crippen LogP contribution is 2.12. The smallest absolute Gasteiger partial charge is 0.191 e. The van der Waals surface area contributed by atoms with Gasteiger partial charge < -0.3 is 15.4 Å². The second kappa shape index (κ2) is 10.6. The monoisotopic (exact) mass is 389 g/mol. The van der Waals surface area contributed by atoms with Crippen molar-refractivity contribution in [2.45, 2.75) is 18.7 Å². The van der Waals surface area contributed by atoms with Gasteiger partial charge in [0.05, 0.1) is 18.6 Å². The number of nitrogens with one attached hydrogen (secondary N) is 2. The summed E-state index contributed by atoms with van der Waals surface area (Å²) in [5.41, 5.74) is 1.89. The lowest BCUT2D eigenvalue weighted by Gasteiger charge is -2.12. The summed E-state index contributed by atoms with van der Waals surface area (Å²) in [5, 5.41) is 6.36. The van der Waals surface area contributed by atoms with Crippen LogP contribution in [0.15, 0.2) is 59.6 Å². The summed E-state index contributed by atoms with van der Waals surface area (Å²) >= 11 is 0. The van der Waals surface area contributed by atoms with Crippen molar-refractivity contribution in [1.82, 2.24) is 10.6 Å². The molecule has 0 heterocycles. The number of hydrogen-bond acceptors (Lipinski definition) is 4. The first kappa shape index (κ1) is 20.8. The van der Waals surface area contributed by atoms with Crippen LogP contribution in [0.4, 0.5) is 0 Å². The van der Waals surface area contributed by atoms with Crippen LogP contribution in [0.25, 0.3) is 0 Å². The van der Waals surface area contributed by atoms with E-state index in [1.165, 1.54) is 0 Å². The zero-order valence-electron chi connectivity index (χ0n) is 15.8. The van der Waals surface area contributed by atoms with E-state index in [-0.39, 0.29) is 11.5 Å². The second-order valence-electron chi connectivity index (χ2n) is 6.14. The molecule has 2 N–H and O–H groups in total. The normalized spacial score (nSPS) is 11.9. The summed E-state index contributed by atoms with van der Waals surface area (Å²) in [5.74, 6) is 1.66. The first-order valence-corrected chi connectivity index (χ1v) is 10.7. The van der Waals surface area contributed by atoms with Gasteiger partial charge in [0.25, 0.3) is 0 Å². The van der Waals surface area contributed by atoms with E-state index in [1.807, 2.05) is 54.6 Å². The number of hydrogen-bond donors (Lipinski definition) is 2. The van der Waals surface area contributed by atoms with E-state index in [0.29, 0.717) is 25.5 Å². The molecule has 0 atom stereocenters. The highest BCUT2D eigenvalue weighted by atomic mass is 32.2. The Morgan fingerprint density at radius 1 is 1.04 bits per heavy atom. The Balaban J connectivity index is 1.72. The third kappa shape index (κ3) is 7.70. The minimum Gasteiger partial charge on any atom is -0.497 e. The van der Waals surface area contributed by atoms with Gasteiger partial charge in [-0.15, -0.1) is 0 Å². The Hall–Kier alpha value is -2.54. The summed E-state index contributed by atoms with van der Waals surface area (Å²) in [7, 11) is 0.209. The molecule has 0 aromatic heterocycles. The molecule has 2 rings (SSSR count). The Morgan fingerprint density at radius 2 is 1.78 bits per heavy atom. The standard InChI is InChI=1S/C20H27N3O3S/c1-21-20(23-15-18-10-6-11-19(14-18)26-2)22-12-7-13-27(24,25)16-17-8-4-3-5-9-17/h3-6,8-11,14H,7,12-13,15-16H2,1-2H3,(H2,21,22,23). The van der Waals surface area contributed by atoms with Gasteiger partial charge in [-0.25, -0.2) is 8.42 Å². The highest BCUT2D eigenvalue weighted by Gasteiger charge is 2.11. The maximum Gasteiger partial charge on any atom is 0.191 e. The number of rotatable bonds is 9. The molecule has 0 saturated heterocycles. The first-order chi connectivity index (χ1) is 13.0. The summed E-state index contributed by atoms with van der Waals surface area (Å²) in [6, 6.07) is 17.0. The van der Waals surface area contributed by atoms with Gasteiger partial charge >= 0.3 is 0 Å². The van der Waals surface area contributed by atoms with Crippen molar-refractivity contribution >= 4 is 15.8 Å². The molecule has 2 aromatic carbocycles. The fourth-order valence-electron chi connectivity index (χ4n) is 2.59. The molecule has 0 fully saturated rings. The molecule has 0 radical (unpaired) electrons. The zero-order chi connectivity index (χ0) is 19.5. The van der Waals surface area contributed by atoms with E-state index >= 15 is 0 Å². The lowest BCUT2D eigenvalue weighted by molar-refractivity contribution is 0.414. The van der Waals surface area contributed by atoms with Crippen LogP contribution in [0.1, 0.15) is 17.5 Å². The van der Waals surface area contributed by atoms with Crippen LogP contribution in [-0.2, 0) is 22.1 Å². The number of aliphatic imine (C=N–C) groups is 1. The van der Waals surface area contributed by atoms with Crippen molar-refractivity contribution in [2.24, 2.45) is 4.99 Å². The van der Waals surface area contributed by atoms with Crippen molar-refractivity contribution < 1.29 is 13.2 Å². The topological polar surface area (TPSA) is 79.8 Å². The van der Waals surface area contributed by atoms with E-state index in [9.17, 15) is 8.42 Å². The molecular weight excluding hydrogens is 362 g/mol. The van der Waals surface area contributed by atoms with Gasteiger partial charge in [-0.05, 0) is 29.7 Å². The number of nitrogens with zero attached hydrogens (tertiary/aromatic N) is 1. The maximum absolute atomic E-state index is 12.2. The quantitative estimate of drug-likeness (QED) is 0.391. The third-order valence-electron chi connectivity index (χ3n) is 3.97. The first-order valence-electron chi connectivity index (χ1n) is 8.84. The van der Waals surface area contributed by atoms with Crippen molar-refractivity contribution in [3.8, 4) is 5.75 Å². The van der Waals surface area contributed by atoms with Gasteiger partial charge in [0.2, 0.25) is 0 Å². The third-order valence-corrected chi connectivity index (χ3v) is 5.66. The number of benzene rings is 2. The molecule has 0 spiro atoms. The Morgan fingerprint density at radius 3 is 2.48 bits per heavy atom. The molecule has 6 nitrogen and oxygen atoms in total. The zero-order valence-corrected chi connectivity index (χ0v) is 16.6. The summed E-state index contributed by atoms with van der Waals surface area (Å²) in [6.45, 7) is 1.13. The van der Waals surface area contributed by atoms with E-state index in [0.717, 1.165) is 16.9 Å². The predicted molar refractivity (Wildman–Crippen MR) is 110 cm³/mol. The van der Waals surface area contributed by atoms with Crippen molar-refractivity contribution in [3.63, 3.8) is 0 Å². The van der Waals surface area contributed by atoms with Crippen LogP contribution in [-0.4, -0.2) is 40.8 Å². The van der Waals surface area contributed by atoms with Gasteiger partial charge in [0.15, 0.2) is 15.8 Å². The fourth-order valence-corrected chi connectivity index (χ4v) is 4.02. The van der Waals surface area contributed by atoms with Gasteiger partial charge in [0, 0.05) is 20.1 Å². The average Bonchev–Trinajstić information content (AvgIpc) is 2.68. The van der Waals surface area contributed by atoms with E-state index in [2.05, 4.69) is 15.6 Å². The molecular formula is C20H27N3O3S. The molecule has 0 saturated carbocycles. The summed E-state index contributed by atoms with van der Waals surface area (Å²) in [4.78, 5) is 4.16. The van der Waals surface area contributed by atoms with E-state index < -0.39 is 9.84 Å². The molecule has 7 heteroatoms. The van der Waals surface area contributed by atoms with Crippen LogP contribution in [0.2, 0.25) is 0 Å². The van der Waals surface area contributed by atoms with Crippen LogP contribution >= 0.6 is 0 Å². The number of guanidine groups is 1. The van der Waals surface area contributed by atoms with Crippen molar-refractivity contribution in [3.05, 3.63) is 65.7 Å². The minimum atomic E-state index is -3.12. The van der Waals surface area contributed by atoms with E-state index in [4.69, 9.17) is 4.74 Å². The molecule has 0 unspecified atom stereocenters. The van der Waals surface area contributed by atoms with Crippen LogP contribution in [0.5, 0.6) is 5.75 Å². The van der Waals surface area contributed by atoms with E-state index in [1.54, 1.807) is 14.2 Å². The van der Waals surface area contributed by atoms with Crippen molar-refractivity contribution in [1.29, 1.82) is 0 Å². The van der Waals surface area contributed by atoms with Gasteiger partial charge in [-0.1, -0.05) is 42.5 Å². The predicted octanol–water partition coefficient (Wildman–Crippen LogP) is 2.37. The minimum absolute atomic E-state index is 0.0800. The molecule has 27 heavy (non-hydrogen) atoms. The lowest BCUT2D eigenvalue weighted by Crippen LogP contribution is -2.37. The van der Waals surface area contributed by atoms with Crippen LogP contribution < -0.4 is 15.4 Å². The summed E-state index contributed by atoms with van der Waals surface area (Å²) in [6.07, 6.45) is 0.523. The largest absolute Gasteiger partial charge is 0.497 e. The Bertz CT molecular complexity index is 837. The Labute approximate surface area is 161 Å². The van der Waals surface area contributed by atoms with Gasteiger partial charge in [-0.2, -0.15) is 0 Å². The molecule has 2 aromatic rings. The molecule has 146 valence electrons. The maximum atomic E-state index is 12.2. The van der Waals surface area contributed by atoms with Crippen LogP contribution in [0.3, 0.4) is 0 Å². The molecule has 0 bridgehead atoms. The van der Waals surface area contributed by atoms with Crippen molar-refractivity contribution in [2.75, 3.05) is 26.5 Å². The molecule has 0 aliphatic rings. The van der Waals surface area contributed by atoms with Gasteiger partial charge in [-0.3, -0.25) is 4.99 Å². The molecule has 0 aliphatic carbocycles. The molecule has 0 aliphatic heterocycles. The van der Waals surface area contributed by atoms with Gasteiger partial charge in [0.1, 0.15) is 5.75 Å². The lowest BCUT2D eigenvalue weighted by atomic mass is 10.2. The number of methoxy groups -OCH3 is 1. The summed E-state index contributed by atoms with van der Waals surface area (Å²) < 4.78 is 29.6. The van der Waals surface area contributed by atoms with Crippen LogP contribution in [0, 0.1) is 0 Å². The highest BCUT2D eigenvalue weighted by molar-refractivity contribution is 7.90. The second-order valence-corrected chi connectivity index (χ2v) is 8.32. The number of ether oxygens (including phenoxy) is 1. The number of sulfone groups is 1. The molecule has 0 amide bonds. The fraction of sp³-hybridized carbons (Fsp3) is 0.350.